The molecule has 0 aliphatic heterocycles. The van der Waals surface area contributed by atoms with Gasteiger partial charge in [-0.05, 0) is 30.2 Å². The van der Waals surface area contributed by atoms with Crippen molar-refractivity contribution in [2.45, 2.75) is 31.3 Å². The van der Waals surface area contributed by atoms with E-state index in [1.807, 2.05) is 28.8 Å². The molecule has 0 unspecified atom stereocenters. The minimum atomic E-state index is -4.22. The molecule has 186 valence electrons. The second-order valence-electron chi connectivity index (χ2n) is 8.28. The SMILES string of the molecule is NS(=O)(=O)OC[C@H]1C[C@@H](Nc2ncncc2C(=O)c2ccn(Cc3cccc(Br)c3)c2)[C@@H](F)[C@@H]1O. The zero-order valence-corrected chi connectivity index (χ0v) is 20.7. The Balaban J connectivity index is 1.47. The number of benzene rings is 1. The number of nitrogens with zero attached hydrogens (tertiary/aromatic N) is 3. The Labute approximate surface area is 209 Å². The summed E-state index contributed by atoms with van der Waals surface area (Å²) in [6.07, 6.45) is 2.87. The maximum atomic E-state index is 14.7. The molecule has 35 heavy (non-hydrogen) atoms. The molecule has 0 radical (unpaired) electrons. The van der Waals surface area contributed by atoms with Crippen molar-refractivity contribution in [2.24, 2.45) is 11.1 Å². The second kappa shape index (κ2) is 10.5. The number of aromatic nitrogens is 3. The van der Waals surface area contributed by atoms with E-state index >= 15 is 0 Å². The smallest absolute Gasteiger partial charge is 0.333 e. The number of hydrogen-bond donors (Lipinski definition) is 3. The van der Waals surface area contributed by atoms with Crippen molar-refractivity contribution >= 4 is 37.8 Å². The summed E-state index contributed by atoms with van der Waals surface area (Å²) in [4.78, 5) is 21.2. The van der Waals surface area contributed by atoms with E-state index in [1.54, 1.807) is 18.5 Å². The molecule has 1 saturated carbocycles. The lowest BCUT2D eigenvalue weighted by molar-refractivity contribution is 0.0501. The van der Waals surface area contributed by atoms with E-state index in [1.165, 1.54) is 12.5 Å². The van der Waals surface area contributed by atoms with Crippen LogP contribution in [0.15, 0.2) is 59.7 Å². The molecule has 4 N–H and O–H groups in total. The average molecular weight is 568 g/mol. The Morgan fingerprint density at radius 1 is 1.37 bits per heavy atom. The summed E-state index contributed by atoms with van der Waals surface area (Å²) in [7, 11) is -4.22. The van der Waals surface area contributed by atoms with Crippen molar-refractivity contribution in [2.75, 3.05) is 11.9 Å². The average Bonchev–Trinajstić information content (AvgIpc) is 3.37. The maximum Gasteiger partial charge on any atom is 0.333 e. The molecule has 4 atom stereocenters. The Hall–Kier alpha value is -2.71. The monoisotopic (exact) mass is 567 g/mol. The van der Waals surface area contributed by atoms with Gasteiger partial charge in [0.25, 0.3) is 0 Å². The van der Waals surface area contributed by atoms with Crippen LogP contribution >= 0.6 is 15.9 Å². The van der Waals surface area contributed by atoms with Gasteiger partial charge in [-0.25, -0.2) is 19.5 Å². The van der Waals surface area contributed by atoms with E-state index in [0.717, 1.165) is 10.0 Å². The molecule has 1 fully saturated rings. The first kappa shape index (κ1) is 25.4. The van der Waals surface area contributed by atoms with Crippen LogP contribution in [0.4, 0.5) is 10.2 Å². The van der Waals surface area contributed by atoms with Crippen molar-refractivity contribution in [1.29, 1.82) is 0 Å². The van der Waals surface area contributed by atoms with Gasteiger partial charge in [-0.15, -0.1) is 0 Å². The number of alkyl halides is 1. The lowest BCUT2D eigenvalue weighted by Gasteiger charge is -2.18. The zero-order valence-electron chi connectivity index (χ0n) is 18.3. The predicted octanol–water partition coefficient (Wildman–Crippen LogP) is 2.04. The highest BCUT2D eigenvalue weighted by Gasteiger charge is 2.44. The van der Waals surface area contributed by atoms with Crippen LogP contribution in [0, 0.1) is 5.92 Å². The zero-order chi connectivity index (χ0) is 25.2. The quantitative estimate of drug-likeness (QED) is 0.332. The minimum absolute atomic E-state index is 0.0402. The molecule has 1 aliphatic carbocycles. The number of carbonyl (C=O) groups excluding carboxylic acids is 1. The highest BCUT2D eigenvalue weighted by atomic mass is 79.9. The molecule has 2 heterocycles. The van der Waals surface area contributed by atoms with Gasteiger partial charge < -0.3 is 15.0 Å². The summed E-state index contributed by atoms with van der Waals surface area (Å²) in [5.74, 6) is -1.06. The number of ketones is 1. The Kier molecular flexibility index (Phi) is 7.62. The van der Waals surface area contributed by atoms with Gasteiger partial charge in [0.2, 0.25) is 0 Å². The van der Waals surface area contributed by atoms with E-state index in [9.17, 15) is 22.7 Å². The number of halogens is 2. The van der Waals surface area contributed by atoms with Crippen molar-refractivity contribution in [3.63, 3.8) is 0 Å². The predicted molar refractivity (Wildman–Crippen MR) is 129 cm³/mol. The molecule has 3 aromatic rings. The molecule has 0 amide bonds. The van der Waals surface area contributed by atoms with E-state index in [0.29, 0.717) is 12.1 Å². The first-order chi connectivity index (χ1) is 16.6. The van der Waals surface area contributed by atoms with Gasteiger partial charge in [0, 0.05) is 41.1 Å². The third kappa shape index (κ3) is 6.30. The van der Waals surface area contributed by atoms with Crippen LogP contribution in [-0.4, -0.2) is 58.8 Å². The molecule has 1 aliphatic rings. The Morgan fingerprint density at radius 2 is 2.17 bits per heavy atom. The van der Waals surface area contributed by atoms with Crippen molar-refractivity contribution < 1.29 is 26.9 Å². The molecule has 0 spiro atoms. The van der Waals surface area contributed by atoms with E-state index in [2.05, 4.69) is 35.4 Å². The fraction of sp³-hybridized carbons (Fsp3) is 0.318. The molecule has 10 nitrogen and oxygen atoms in total. The van der Waals surface area contributed by atoms with E-state index in [4.69, 9.17) is 5.14 Å². The molecular formula is C22H23BrFN5O5S. The third-order valence-corrected chi connectivity index (χ3v) is 6.70. The Morgan fingerprint density at radius 3 is 2.91 bits per heavy atom. The number of nitrogens with one attached hydrogen (secondary N) is 1. The standard InChI is InChI=1S/C22H23BrFN5O5S/c23-16-3-1-2-13(6-16)9-29-5-4-14(10-29)20(30)17-8-26-12-27-22(17)28-18-7-15(21(31)19(18)24)11-34-35(25,32)33/h1-6,8,10,12,15,18-19,21,31H,7,9,11H2,(H2,25,32,33)(H,26,27,28)/t15-,18-,19-,21-/m1/s1. The number of aliphatic hydroxyl groups is 1. The number of hydrogen-bond acceptors (Lipinski definition) is 8. The van der Waals surface area contributed by atoms with E-state index < -0.39 is 41.1 Å². The summed E-state index contributed by atoms with van der Waals surface area (Å²) in [5, 5.41) is 17.8. The minimum Gasteiger partial charge on any atom is -0.390 e. The molecule has 4 rings (SSSR count). The first-order valence-corrected chi connectivity index (χ1v) is 12.9. The second-order valence-corrected chi connectivity index (χ2v) is 10.4. The summed E-state index contributed by atoms with van der Waals surface area (Å²) < 4.78 is 44.1. The van der Waals surface area contributed by atoms with Gasteiger partial charge in [0.1, 0.15) is 18.3 Å². The lowest BCUT2D eigenvalue weighted by atomic mass is 10.1. The fourth-order valence-electron chi connectivity index (χ4n) is 4.04. The van der Waals surface area contributed by atoms with Crippen LogP contribution in [0.5, 0.6) is 0 Å². The molecule has 2 aromatic heterocycles. The lowest BCUT2D eigenvalue weighted by Crippen LogP contribution is -2.33. The first-order valence-electron chi connectivity index (χ1n) is 10.6. The summed E-state index contributed by atoms with van der Waals surface area (Å²) in [5.41, 5.74) is 1.59. The topological polar surface area (TPSA) is 149 Å². The number of rotatable bonds is 9. The number of nitrogens with two attached hydrogens (primary N) is 1. The highest BCUT2D eigenvalue weighted by molar-refractivity contribution is 9.10. The normalized spacial score (nSPS) is 22.3. The van der Waals surface area contributed by atoms with Crippen LogP contribution in [0.2, 0.25) is 0 Å². The van der Waals surface area contributed by atoms with Crippen molar-refractivity contribution in [3.8, 4) is 0 Å². The number of carbonyl (C=O) groups is 1. The largest absolute Gasteiger partial charge is 0.390 e. The van der Waals surface area contributed by atoms with Gasteiger partial charge in [0.05, 0.1) is 24.3 Å². The molecule has 13 heteroatoms. The van der Waals surface area contributed by atoms with Gasteiger partial charge in [-0.2, -0.15) is 8.42 Å². The number of anilines is 1. The van der Waals surface area contributed by atoms with Gasteiger partial charge >= 0.3 is 10.3 Å². The molecule has 1 aromatic carbocycles. The van der Waals surface area contributed by atoms with Gasteiger partial charge in [-0.3, -0.25) is 8.98 Å². The van der Waals surface area contributed by atoms with Crippen LogP contribution in [-0.2, 0) is 21.0 Å². The van der Waals surface area contributed by atoms with Crippen molar-refractivity contribution in [3.05, 3.63) is 76.4 Å². The van der Waals surface area contributed by atoms with Crippen LogP contribution in [0.25, 0.3) is 0 Å². The van der Waals surface area contributed by atoms with Crippen molar-refractivity contribution in [1.82, 2.24) is 14.5 Å². The maximum absolute atomic E-state index is 14.7. The summed E-state index contributed by atoms with van der Waals surface area (Å²) >= 11 is 3.44. The number of aliphatic hydroxyl groups excluding tert-OH is 1. The van der Waals surface area contributed by atoms with Gasteiger partial charge in [-0.1, -0.05) is 28.1 Å². The third-order valence-electron chi connectivity index (χ3n) is 5.74. The van der Waals surface area contributed by atoms with Crippen LogP contribution in [0.3, 0.4) is 0 Å². The van der Waals surface area contributed by atoms with Crippen LogP contribution < -0.4 is 10.5 Å². The highest BCUT2D eigenvalue weighted by Crippen LogP contribution is 2.32. The van der Waals surface area contributed by atoms with E-state index in [-0.39, 0.29) is 23.6 Å². The summed E-state index contributed by atoms with van der Waals surface area (Å²) in [6, 6.07) is 8.57. The van der Waals surface area contributed by atoms with Gasteiger partial charge in [0.15, 0.2) is 5.78 Å². The summed E-state index contributed by atoms with van der Waals surface area (Å²) in [6.45, 7) is 0.105. The van der Waals surface area contributed by atoms with Crippen LogP contribution in [0.1, 0.15) is 27.9 Å². The molecular weight excluding hydrogens is 545 g/mol. The fourth-order valence-corrected chi connectivity index (χ4v) is 4.85. The molecule has 0 saturated heterocycles. The Bertz CT molecular complexity index is 1320. The molecule has 0 bridgehead atoms.